The molecule has 2 fully saturated rings. The Bertz CT molecular complexity index is 5720. The molecule has 10 aliphatic rings. The number of nitriles is 2. The number of ether oxygens (including phenoxy) is 11. The number of hydrogen-bond acceptors (Lipinski definition) is 24. The van der Waals surface area contributed by atoms with E-state index in [0.717, 1.165) is 56.0 Å². The minimum Gasteiger partial charge on any atom is -0.507 e. The molecular weight excluding hydrogens is 1650 g/mol. The quantitative estimate of drug-likeness (QED) is 0.0342. The van der Waals surface area contributed by atoms with Gasteiger partial charge in [0.05, 0.1) is 50.5 Å². The molecular formula is C101H112N8O16S2. The van der Waals surface area contributed by atoms with Gasteiger partial charge in [-0.25, -0.2) is 19.2 Å². The fourth-order valence-electron chi connectivity index (χ4n) is 22.3. The van der Waals surface area contributed by atoms with E-state index in [9.17, 15) is 34.8 Å². The number of aromatic hydroxyl groups is 1. The van der Waals surface area contributed by atoms with E-state index in [2.05, 4.69) is 200 Å². The second-order valence-electron chi connectivity index (χ2n) is 36.9. The third-order valence-electron chi connectivity index (χ3n) is 27.2. The normalized spacial score (nSPS) is 22.3. The Balaban J connectivity index is 0.000000179. The second kappa shape index (κ2) is 35.2. The molecule has 0 spiro atoms. The van der Waals surface area contributed by atoms with Gasteiger partial charge in [0.2, 0.25) is 13.6 Å². The van der Waals surface area contributed by atoms with Gasteiger partial charge < -0.3 is 67.8 Å². The van der Waals surface area contributed by atoms with Gasteiger partial charge in [-0.2, -0.15) is 34.0 Å². The number of phenolic OH excluding ortho intramolecular Hbond substituents is 1. The average molecular weight is 1760 g/mol. The van der Waals surface area contributed by atoms with Crippen LogP contribution in [0.5, 0.6) is 46.0 Å². The number of thioether (sulfide) groups is 2. The summed E-state index contributed by atoms with van der Waals surface area (Å²) >= 11 is 3.15. The molecule has 0 radical (unpaired) electrons. The van der Waals surface area contributed by atoms with Gasteiger partial charge in [-0.05, 0) is 212 Å². The van der Waals surface area contributed by atoms with Crippen molar-refractivity contribution in [3.8, 4) is 80.4 Å². The summed E-state index contributed by atoms with van der Waals surface area (Å²) in [5.74, 6) is 5.32. The Morgan fingerprint density at radius 2 is 0.906 bits per heavy atom. The van der Waals surface area contributed by atoms with Gasteiger partial charge in [0.15, 0.2) is 23.0 Å². The number of methoxy groups -OCH3 is 2. The summed E-state index contributed by atoms with van der Waals surface area (Å²) in [6, 6.07) is 37.6. The van der Waals surface area contributed by atoms with Gasteiger partial charge in [0.1, 0.15) is 78.2 Å². The average Bonchev–Trinajstić information content (AvgIpc) is 1.01. The van der Waals surface area contributed by atoms with Crippen LogP contribution in [-0.2, 0) is 54.2 Å². The number of hydrogen-bond donors (Lipinski definition) is 3. The van der Waals surface area contributed by atoms with Gasteiger partial charge in [0, 0.05) is 92.4 Å². The van der Waals surface area contributed by atoms with Crippen molar-refractivity contribution in [2.45, 2.75) is 204 Å². The van der Waals surface area contributed by atoms with Crippen LogP contribution in [0.25, 0.3) is 22.3 Å². The molecule has 18 rings (SSSR count). The molecule has 8 aliphatic heterocycles. The lowest BCUT2D eigenvalue weighted by molar-refractivity contribution is -0.151. The van der Waals surface area contributed by atoms with Crippen molar-refractivity contribution in [3.05, 3.63) is 222 Å². The van der Waals surface area contributed by atoms with Gasteiger partial charge in [-0.15, -0.1) is 0 Å². The largest absolute Gasteiger partial charge is 0.507 e. The summed E-state index contributed by atoms with van der Waals surface area (Å²) in [6.45, 7) is 26.7. The number of phenols is 1. The zero-order chi connectivity index (χ0) is 89.7. The zero-order valence-electron chi connectivity index (χ0n) is 75.0. The van der Waals surface area contributed by atoms with Crippen molar-refractivity contribution in [2.75, 3.05) is 84.7 Å². The summed E-state index contributed by atoms with van der Waals surface area (Å²) in [4.78, 5) is 65.1. The lowest BCUT2D eigenvalue weighted by Gasteiger charge is -2.60. The summed E-state index contributed by atoms with van der Waals surface area (Å²) in [7, 11) is 7.59. The molecule has 0 saturated carbocycles. The van der Waals surface area contributed by atoms with Crippen molar-refractivity contribution >= 4 is 47.6 Å². The van der Waals surface area contributed by atoms with E-state index < -0.39 is 71.6 Å². The van der Waals surface area contributed by atoms with Crippen molar-refractivity contribution in [3.63, 3.8) is 0 Å². The molecule has 127 heavy (non-hydrogen) atoms. The van der Waals surface area contributed by atoms with Gasteiger partial charge in [0.25, 0.3) is 0 Å². The van der Waals surface area contributed by atoms with Crippen LogP contribution in [0.1, 0.15) is 178 Å². The number of aryl methyl sites for hydroxylation is 2. The summed E-state index contributed by atoms with van der Waals surface area (Å²) in [6.07, 6.45) is 2.50. The number of nitrogens with one attached hydrogen (secondary N) is 2. The van der Waals surface area contributed by atoms with Crippen molar-refractivity contribution in [1.29, 1.82) is 10.5 Å². The molecule has 24 nitrogen and oxygen atoms in total. The first-order valence-corrected chi connectivity index (χ1v) is 46.1. The SMILES string of the molecule is C=CCOc1c(C)c2c(c3c1CC1[C@H]4c5c(cc(C)c(OC)c5C)C[C@@H]([C@H](C#N)N1[C@H]3COC(=O)[C@H](CSCC1c3ccccc3-c3ccccc31)NC(=O)OC(C)(C)C)N4C)OCO2.COc1c(C)cc2c(c1C)[C@@H]1C3Cc4c(O)c(C)c5c(c4[C@H](COC(=O)[C@H](CSCC4c6ccccc6-c6ccccc64)NC(=O)OC(C)(C)C)N3[C@@H](C#N)[C@H](C2)N1C)OCO5. The highest BCUT2D eigenvalue weighted by Crippen LogP contribution is 2.61. The van der Waals surface area contributed by atoms with Crippen LogP contribution in [0.4, 0.5) is 9.59 Å². The van der Waals surface area contributed by atoms with E-state index in [0.29, 0.717) is 82.6 Å². The lowest BCUT2D eigenvalue weighted by atomic mass is 9.71. The molecule has 3 N–H and O–H groups in total. The smallest absolute Gasteiger partial charge is 0.408 e. The maximum atomic E-state index is 14.7. The predicted molar refractivity (Wildman–Crippen MR) is 486 cm³/mol. The predicted octanol–water partition coefficient (Wildman–Crippen LogP) is 16.5. The number of amides is 2. The first kappa shape index (κ1) is 87.9. The number of rotatable bonds is 21. The molecule has 12 atom stereocenters. The number of carbonyl (C=O) groups is 4. The number of esters is 2. The molecule has 8 aromatic carbocycles. The standard InChI is InChI=1S/C52H58N4O8S.C49H54N4O8S/c1-10-19-60-47-30(4)48-49(63-27-62-48)44-36(47)22-40-45-43-29(3)46(59-9)28(2)20-31(43)21-39(55(45)8)41(23-53)56(40)42(44)24-61-50(57)38(54-51(58)64-52(5,6)7)26-65-25-37-34-17-13-11-15-32(34)33-16-12-14-18-35(33)37;1-25-17-28-18-36-38(20-50)53-37(42(52(36)7)40(28)26(2)44(25)57-8)19-33-41(46-45(59-24-60-46)27(3)43(33)54)39(53)21-58-47(55)35(51-48(56)61-49(4,5)6)23-62-22-34-31-15-11-9-13-29(31)30-14-10-12-16-32(30)34/h10-18,20,37-42,45H,1,19,21-22,24-27H2,2-9H3,(H,54,58);9-17,34-39,42,54H,18-19,21-24H2,1-8H3,(H,51,56)/t38-,39-,40?,41-,42-,45-;35-,36-,37?,38-,39-,42-/m00/s1. The van der Waals surface area contributed by atoms with Gasteiger partial charge in [-0.1, -0.05) is 122 Å². The van der Waals surface area contributed by atoms with Crippen LogP contribution in [-0.4, -0.2) is 193 Å². The third-order valence-corrected chi connectivity index (χ3v) is 29.5. The van der Waals surface area contributed by atoms with Crippen LogP contribution in [0.2, 0.25) is 0 Å². The molecule has 2 saturated heterocycles. The van der Waals surface area contributed by atoms with Crippen molar-refractivity contribution in [1.82, 2.24) is 30.2 Å². The summed E-state index contributed by atoms with van der Waals surface area (Å²) in [5.41, 5.74) is 21.6. The first-order chi connectivity index (χ1) is 61.0. The number of nitrogens with zero attached hydrogens (tertiary/aromatic N) is 6. The van der Waals surface area contributed by atoms with Crippen LogP contribution < -0.4 is 43.8 Å². The van der Waals surface area contributed by atoms with E-state index in [1.807, 2.05) is 13.8 Å². The van der Waals surface area contributed by atoms with Gasteiger partial charge in [-0.3, -0.25) is 19.6 Å². The van der Waals surface area contributed by atoms with Crippen molar-refractivity contribution < 1.29 is 76.4 Å². The fraction of sp³-hybridized carbons (Fsp3) is 0.446. The molecule has 0 aromatic heterocycles. The Hall–Kier alpha value is -11.1. The van der Waals surface area contributed by atoms with E-state index in [1.54, 1.807) is 85.4 Å². The van der Waals surface area contributed by atoms with E-state index in [1.165, 1.54) is 61.2 Å². The number of alkyl carbamates (subject to hydrolysis) is 2. The number of piperazine rings is 2. The van der Waals surface area contributed by atoms with Crippen LogP contribution >= 0.6 is 23.5 Å². The van der Waals surface area contributed by atoms with E-state index in [4.69, 9.17) is 52.1 Å². The molecule has 2 amide bonds. The Labute approximate surface area is 751 Å². The minimum absolute atomic E-state index is 0.0138. The van der Waals surface area contributed by atoms with Crippen LogP contribution in [0, 0.1) is 64.2 Å². The minimum atomic E-state index is -1.05. The monoisotopic (exact) mass is 1760 g/mol. The lowest BCUT2D eigenvalue weighted by Crippen LogP contribution is -2.68. The topological polar surface area (TPSA) is 275 Å². The first-order valence-electron chi connectivity index (χ1n) is 43.8. The number of benzene rings is 8. The maximum Gasteiger partial charge on any atom is 0.408 e. The van der Waals surface area contributed by atoms with E-state index in [-0.39, 0.29) is 98.7 Å². The van der Waals surface area contributed by atoms with Gasteiger partial charge >= 0.3 is 24.1 Å². The highest BCUT2D eigenvalue weighted by Gasteiger charge is 2.60. The fourth-order valence-corrected chi connectivity index (χ4v) is 24.6. The highest BCUT2D eigenvalue weighted by atomic mass is 32.2. The van der Waals surface area contributed by atoms with Crippen LogP contribution in [0.3, 0.4) is 0 Å². The van der Waals surface area contributed by atoms with E-state index >= 15 is 0 Å². The molecule has 8 aromatic rings. The highest BCUT2D eigenvalue weighted by molar-refractivity contribution is 7.99. The molecule has 2 unspecified atom stereocenters. The Morgan fingerprint density at radius 3 is 1.29 bits per heavy atom. The second-order valence-corrected chi connectivity index (χ2v) is 39.0. The number of carbonyl (C=O) groups excluding carboxylic acids is 4. The summed E-state index contributed by atoms with van der Waals surface area (Å²) in [5, 5.41) is 40.0. The molecule has 8 heterocycles. The number of fused-ring (bicyclic) bond motifs is 24. The van der Waals surface area contributed by atoms with Crippen LogP contribution in [0.15, 0.2) is 122 Å². The molecule has 2 aliphatic carbocycles. The number of likely N-dealkylation sites (N-methyl/N-ethyl adjacent to an activating group) is 2. The zero-order valence-corrected chi connectivity index (χ0v) is 76.7. The summed E-state index contributed by atoms with van der Waals surface area (Å²) < 4.78 is 67.0. The maximum absolute atomic E-state index is 14.7. The Morgan fingerprint density at radius 1 is 0.528 bits per heavy atom. The molecule has 664 valence electrons. The Kier molecular flexibility index (Phi) is 24.3. The van der Waals surface area contributed by atoms with Crippen molar-refractivity contribution in [2.24, 2.45) is 0 Å². The molecule has 26 heteroatoms. The molecule has 4 bridgehead atoms. The third kappa shape index (κ3) is 15.8.